The van der Waals surface area contributed by atoms with E-state index >= 15 is 0 Å². The summed E-state index contributed by atoms with van der Waals surface area (Å²) in [6.07, 6.45) is 10.4. The van der Waals surface area contributed by atoms with E-state index in [1.54, 1.807) is 0 Å². The fourth-order valence-electron chi connectivity index (χ4n) is 3.55. The molecule has 2 N–H and O–H groups in total. The highest BCUT2D eigenvalue weighted by Gasteiger charge is 2.33. The van der Waals surface area contributed by atoms with Crippen LogP contribution in [0, 0.1) is 5.41 Å². The average Bonchev–Trinajstić information content (AvgIpc) is 3.30. The number of aromatic nitrogens is 1. The highest BCUT2D eigenvalue weighted by molar-refractivity contribution is 7.11. The van der Waals surface area contributed by atoms with E-state index in [0.29, 0.717) is 5.41 Å². The van der Waals surface area contributed by atoms with E-state index in [9.17, 15) is 0 Å². The normalized spacial score (nSPS) is 16.8. The predicted molar refractivity (Wildman–Crippen MR) is 111 cm³/mol. The molecule has 0 atom stereocenters. The van der Waals surface area contributed by atoms with Crippen LogP contribution in [0.2, 0.25) is 0 Å². The number of nitrogens with one attached hydrogen (secondary N) is 2. The second kappa shape index (κ2) is 11.5. The Labute approximate surface area is 163 Å². The molecular formula is C20H36N4OS. The van der Waals surface area contributed by atoms with Gasteiger partial charge in [-0.25, -0.2) is 4.98 Å². The maximum Gasteiger partial charge on any atom is 0.191 e. The van der Waals surface area contributed by atoms with Crippen molar-refractivity contribution in [2.45, 2.75) is 65.7 Å². The van der Waals surface area contributed by atoms with Gasteiger partial charge in [0.1, 0.15) is 0 Å². The quantitative estimate of drug-likeness (QED) is 0.348. The zero-order valence-corrected chi connectivity index (χ0v) is 17.6. The first-order chi connectivity index (χ1) is 12.7. The summed E-state index contributed by atoms with van der Waals surface area (Å²) in [5, 5.41) is 8.07. The fourth-order valence-corrected chi connectivity index (χ4v) is 4.41. The van der Waals surface area contributed by atoms with Gasteiger partial charge in [-0.05, 0) is 44.9 Å². The van der Waals surface area contributed by atoms with E-state index in [4.69, 9.17) is 9.73 Å². The molecule has 1 saturated carbocycles. The Balaban J connectivity index is 1.85. The molecule has 0 aliphatic heterocycles. The first-order valence-corrected chi connectivity index (χ1v) is 11.1. The Morgan fingerprint density at radius 2 is 2.08 bits per heavy atom. The zero-order chi connectivity index (χ0) is 18.7. The van der Waals surface area contributed by atoms with Crippen LogP contribution in [0.25, 0.3) is 0 Å². The molecule has 0 amide bonds. The topological polar surface area (TPSA) is 58.5 Å². The van der Waals surface area contributed by atoms with Crippen LogP contribution in [-0.2, 0) is 17.6 Å². The number of nitrogens with zero attached hydrogens (tertiary/aromatic N) is 2. The standard InChI is InChI=1S/C20H36N4OS/c1-4-17-15-23-18(26-17)9-13-22-19(21-5-2)24-16-20(10-7-8-11-20)12-14-25-6-3/h15H,4-14,16H2,1-3H3,(H2,21,22,24). The summed E-state index contributed by atoms with van der Waals surface area (Å²) in [6, 6.07) is 0. The molecule has 0 bridgehead atoms. The van der Waals surface area contributed by atoms with Crippen molar-refractivity contribution in [2.75, 3.05) is 32.8 Å². The van der Waals surface area contributed by atoms with Gasteiger partial charge >= 0.3 is 0 Å². The predicted octanol–water partition coefficient (Wildman–Crippen LogP) is 3.79. The monoisotopic (exact) mass is 380 g/mol. The summed E-state index contributed by atoms with van der Waals surface area (Å²) < 4.78 is 5.61. The highest BCUT2D eigenvalue weighted by Crippen LogP contribution is 2.41. The lowest BCUT2D eigenvalue weighted by Crippen LogP contribution is -2.39. The number of thiazole rings is 1. The first-order valence-electron chi connectivity index (χ1n) is 10.2. The van der Waals surface area contributed by atoms with Crippen LogP contribution in [-0.4, -0.2) is 43.8 Å². The zero-order valence-electron chi connectivity index (χ0n) is 16.8. The van der Waals surface area contributed by atoms with E-state index in [1.807, 2.05) is 17.5 Å². The number of hydrogen-bond acceptors (Lipinski definition) is 4. The van der Waals surface area contributed by atoms with Crippen molar-refractivity contribution in [3.8, 4) is 0 Å². The highest BCUT2D eigenvalue weighted by atomic mass is 32.1. The Hall–Kier alpha value is -1.14. The number of hydrogen-bond donors (Lipinski definition) is 2. The molecular weight excluding hydrogens is 344 g/mol. The maximum absolute atomic E-state index is 5.61. The molecule has 0 aromatic carbocycles. The first kappa shape index (κ1) is 21.2. The molecule has 2 rings (SSSR count). The number of ether oxygens (including phenoxy) is 1. The molecule has 0 spiro atoms. The van der Waals surface area contributed by atoms with Gasteiger partial charge < -0.3 is 15.4 Å². The van der Waals surface area contributed by atoms with Gasteiger partial charge in [0.25, 0.3) is 0 Å². The SMILES string of the molecule is CCNC(=NCC1(CCOCC)CCCC1)NCCc1ncc(CC)s1. The molecule has 1 heterocycles. The third-order valence-corrected chi connectivity index (χ3v) is 6.34. The summed E-state index contributed by atoms with van der Waals surface area (Å²) >= 11 is 1.82. The van der Waals surface area contributed by atoms with Gasteiger partial charge in [0.05, 0.1) is 5.01 Å². The number of guanidine groups is 1. The second-order valence-electron chi connectivity index (χ2n) is 7.10. The van der Waals surface area contributed by atoms with Gasteiger partial charge in [0, 0.05) is 50.3 Å². The lowest BCUT2D eigenvalue weighted by molar-refractivity contribution is 0.107. The molecule has 0 radical (unpaired) electrons. The average molecular weight is 381 g/mol. The summed E-state index contributed by atoms with van der Waals surface area (Å²) in [7, 11) is 0. The molecule has 1 aromatic rings. The molecule has 0 unspecified atom stereocenters. The van der Waals surface area contributed by atoms with Crippen LogP contribution in [0.3, 0.4) is 0 Å². The van der Waals surface area contributed by atoms with E-state index in [1.165, 1.54) is 35.6 Å². The molecule has 1 aromatic heterocycles. The van der Waals surface area contributed by atoms with Crippen molar-refractivity contribution >= 4 is 17.3 Å². The number of rotatable bonds is 11. The van der Waals surface area contributed by atoms with Crippen LogP contribution in [0.15, 0.2) is 11.2 Å². The molecule has 1 fully saturated rings. The largest absolute Gasteiger partial charge is 0.382 e. The minimum absolute atomic E-state index is 0.336. The fraction of sp³-hybridized carbons (Fsp3) is 0.800. The Morgan fingerprint density at radius 3 is 2.73 bits per heavy atom. The van der Waals surface area contributed by atoms with Crippen molar-refractivity contribution in [1.82, 2.24) is 15.6 Å². The maximum atomic E-state index is 5.61. The van der Waals surface area contributed by atoms with Crippen LogP contribution < -0.4 is 10.6 Å². The van der Waals surface area contributed by atoms with Gasteiger partial charge in [-0.1, -0.05) is 19.8 Å². The van der Waals surface area contributed by atoms with E-state index in [-0.39, 0.29) is 0 Å². The van der Waals surface area contributed by atoms with Crippen LogP contribution >= 0.6 is 11.3 Å². The molecule has 148 valence electrons. The van der Waals surface area contributed by atoms with Crippen molar-refractivity contribution in [3.63, 3.8) is 0 Å². The molecule has 1 aliphatic carbocycles. The third kappa shape index (κ3) is 6.88. The van der Waals surface area contributed by atoms with Crippen molar-refractivity contribution in [3.05, 3.63) is 16.1 Å². The number of aryl methyl sites for hydroxylation is 1. The van der Waals surface area contributed by atoms with Crippen LogP contribution in [0.5, 0.6) is 0 Å². The smallest absolute Gasteiger partial charge is 0.191 e. The lowest BCUT2D eigenvalue weighted by Gasteiger charge is -2.27. The van der Waals surface area contributed by atoms with Gasteiger partial charge in [0.15, 0.2) is 5.96 Å². The van der Waals surface area contributed by atoms with E-state index in [0.717, 1.165) is 58.1 Å². The second-order valence-corrected chi connectivity index (χ2v) is 8.30. The van der Waals surface area contributed by atoms with Crippen molar-refractivity contribution < 1.29 is 4.74 Å². The Kier molecular flexibility index (Phi) is 9.40. The third-order valence-electron chi connectivity index (χ3n) is 5.14. The Morgan fingerprint density at radius 1 is 1.27 bits per heavy atom. The summed E-state index contributed by atoms with van der Waals surface area (Å²) in [5.74, 6) is 0.933. The van der Waals surface area contributed by atoms with Gasteiger partial charge in [-0.2, -0.15) is 0 Å². The Bertz CT molecular complexity index is 538. The molecule has 5 nitrogen and oxygen atoms in total. The van der Waals surface area contributed by atoms with Crippen LogP contribution in [0.4, 0.5) is 0 Å². The lowest BCUT2D eigenvalue weighted by atomic mass is 9.83. The molecule has 26 heavy (non-hydrogen) atoms. The van der Waals surface area contributed by atoms with E-state index in [2.05, 4.69) is 36.4 Å². The van der Waals surface area contributed by atoms with Gasteiger partial charge in [-0.3, -0.25) is 4.99 Å². The number of aliphatic imine (C=N–C) groups is 1. The summed E-state index contributed by atoms with van der Waals surface area (Å²) in [6.45, 7) is 10.7. The van der Waals surface area contributed by atoms with E-state index < -0.39 is 0 Å². The molecule has 0 saturated heterocycles. The molecule has 6 heteroatoms. The van der Waals surface area contributed by atoms with Gasteiger partial charge in [-0.15, -0.1) is 11.3 Å². The minimum Gasteiger partial charge on any atom is -0.382 e. The van der Waals surface area contributed by atoms with Crippen molar-refractivity contribution in [2.24, 2.45) is 10.4 Å². The minimum atomic E-state index is 0.336. The molecule has 1 aliphatic rings. The van der Waals surface area contributed by atoms with Gasteiger partial charge in [0.2, 0.25) is 0 Å². The van der Waals surface area contributed by atoms with Crippen LogP contribution in [0.1, 0.15) is 62.8 Å². The summed E-state index contributed by atoms with van der Waals surface area (Å²) in [5.41, 5.74) is 0.336. The summed E-state index contributed by atoms with van der Waals surface area (Å²) in [4.78, 5) is 10.8. The van der Waals surface area contributed by atoms with Crippen molar-refractivity contribution in [1.29, 1.82) is 0 Å².